The number of nitrogens with two attached hydrogens (primary N) is 1. The maximum atomic E-state index is 14.6. The molecule has 2 aliphatic rings. The first-order valence-corrected chi connectivity index (χ1v) is 15.7. The number of nitrogens with one attached hydrogen (secondary N) is 2. The van der Waals surface area contributed by atoms with Crippen LogP contribution >= 0.6 is 19.3 Å². The number of alkyl halides is 2. The minimum Gasteiger partial charge on any atom is -0.462 e. The van der Waals surface area contributed by atoms with Crippen molar-refractivity contribution in [2.24, 2.45) is 0 Å². The highest BCUT2D eigenvalue weighted by molar-refractivity contribution is 7.52. The third kappa shape index (κ3) is 6.87. The number of para-hydroxylation sites is 1. The zero-order valence-corrected chi connectivity index (χ0v) is 25.4. The topological polar surface area (TPSA) is 185 Å². The van der Waals surface area contributed by atoms with Crippen molar-refractivity contribution in [2.45, 2.75) is 75.1 Å². The second kappa shape index (κ2) is 12.5. The molecule has 1 aliphatic carbocycles. The number of fused-ring (bicyclic) bond motifs is 1. The number of carbonyl (C=O) groups is 1. The standard InChI is InChI=1S/C26H34ClFN7O7P/c1-14(2)40-23(37)15(3)34-43(38,42-17-7-5-4-6-8-17)39-11-18-20(36)26(27,12-28)24(41-18)35-13-30-19-21(31-16-9-10-16)32-25(29)33-22(19)35/h4-8,13-16,18,20,24,36H,9-12H2,1-3H3,(H,34,38)(H3,29,31,32,33)/t15-,18+,20+,24+,26+,43+/m0/s1. The summed E-state index contributed by atoms with van der Waals surface area (Å²) in [5, 5.41) is 16.9. The van der Waals surface area contributed by atoms with E-state index in [1.807, 2.05) is 0 Å². The highest BCUT2D eigenvalue weighted by Gasteiger charge is 2.57. The maximum absolute atomic E-state index is 14.6. The Morgan fingerprint density at radius 1 is 1.30 bits per heavy atom. The van der Waals surface area contributed by atoms with E-state index in [0.29, 0.717) is 11.3 Å². The maximum Gasteiger partial charge on any atom is 0.459 e. The van der Waals surface area contributed by atoms with E-state index in [-0.39, 0.29) is 23.4 Å². The summed E-state index contributed by atoms with van der Waals surface area (Å²) in [4.78, 5) is 23.3. The van der Waals surface area contributed by atoms with Gasteiger partial charge in [0, 0.05) is 6.04 Å². The summed E-state index contributed by atoms with van der Waals surface area (Å²) >= 11 is 6.66. The Hall–Kier alpha value is -3.07. The van der Waals surface area contributed by atoms with Crippen molar-refractivity contribution in [2.75, 3.05) is 24.3 Å². The Morgan fingerprint density at radius 3 is 2.67 bits per heavy atom. The van der Waals surface area contributed by atoms with E-state index in [9.17, 15) is 18.9 Å². The highest BCUT2D eigenvalue weighted by atomic mass is 35.5. The predicted molar refractivity (Wildman–Crippen MR) is 155 cm³/mol. The molecule has 0 spiro atoms. The highest BCUT2D eigenvalue weighted by Crippen LogP contribution is 2.49. The number of imidazole rings is 1. The third-order valence-corrected chi connectivity index (χ3v) is 8.96. The number of aliphatic hydroxyl groups is 1. The molecule has 3 heterocycles. The monoisotopic (exact) mass is 641 g/mol. The molecule has 0 unspecified atom stereocenters. The summed E-state index contributed by atoms with van der Waals surface area (Å²) in [7, 11) is -4.31. The Bertz CT molecular complexity index is 1500. The van der Waals surface area contributed by atoms with Crippen LogP contribution in [0.5, 0.6) is 5.75 Å². The molecule has 0 radical (unpaired) electrons. The average Bonchev–Trinajstić information content (AvgIpc) is 3.62. The van der Waals surface area contributed by atoms with Gasteiger partial charge in [-0.1, -0.05) is 18.2 Å². The number of aromatic nitrogens is 4. The summed E-state index contributed by atoms with van der Waals surface area (Å²) < 4.78 is 52.3. The number of rotatable bonds is 13. The van der Waals surface area contributed by atoms with Crippen LogP contribution in [0.25, 0.3) is 11.2 Å². The molecule has 1 aromatic carbocycles. The number of nitrogens with zero attached hydrogens (tertiary/aromatic N) is 4. The van der Waals surface area contributed by atoms with Gasteiger partial charge in [-0.3, -0.25) is 13.9 Å². The van der Waals surface area contributed by atoms with Crippen molar-refractivity contribution >= 4 is 48.2 Å². The number of anilines is 2. The summed E-state index contributed by atoms with van der Waals surface area (Å²) in [5.41, 5.74) is 6.52. The van der Waals surface area contributed by atoms with E-state index in [2.05, 4.69) is 25.4 Å². The Labute approximate surface area is 252 Å². The largest absolute Gasteiger partial charge is 0.462 e. The molecule has 5 rings (SSSR count). The van der Waals surface area contributed by atoms with Crippen LogP contribution in [0, 0.1) is 0 Å². The first kappa shape index (κ1) is 31.4. The van der Waals surface area contributed by atoms with Crippen LogP contribution in [-0.2, 0) is 23.4 Å². The summed E-state index contributed by atoms with van der Waals surface area (Å²) in [6, 6.07) is 7.28. The number of aliphatic hydroxyl groups excluding tert-OH is 1. The molecule has 1 saturated carbocycles. The van der Waals surface area contributed by atoms with Gasteiger partial charge in [0.2, 0.25) is 5.95 Å². The van der Waals surface area contributed by atoms with Gasteiger partial charge in [-0.2, -0.15) is 15.1 Å². The lowest BCUT2D eigenvalue weighted by atomic mass is 10.0. The van der Waals surface area contributed by atoms with E-state index in [4.69, 9.17) is 35.9 Å². The number of hydrogen-bond acceptors (Lipinski definition) is 12. The molecule has 5 N–H and O–H groups in total. The average molecular weight is 642 g/mol. The Morgan fingerprint density at radius 2 is 2.02 bits per heavy atom. The lowest BCUT2D eigenvalue weighted by molar-refractivity contribution is -0.149. The zero-order chi connectivity index (χ0) is 30.9. The quantitative estimate of drug-likeness (QED) is 0.121. The van der Waals surface area contributed by atoms with Crippen molar-refractivity contribution < 1.29 is 37.4 Å². The summed E-state index contributed by atoms with van der Waals surface area (Å²) in [6.45, 7) is 3.01. The predicted octanol–water partition coefficient (Wildman–Crippen LogP) is 3.32. The molecule has 234 valence electrons. The minimum atomic E-state index is -4.31. The Balaban J connectivity index is 1.38. The molecule has 1 aliphatic heterocycles. The molecular weight excluding hydrogens is 608 g/mol. The van der Waals surface area contributed by atoms with E-state index >= 15 is 0 Å². The van der Waals surface area contributed by atoms with E-state index in [1.165, 1.54) is 17.8 Å². The summed E-state index contributed by atoms with van der Waals surface area (Å²) in [5.74, 6) is -0.139. The number of benzene rings is 1. The first-order chi connectivity index (χ1) is 20.4. The molecule has 3 aromatic rings. The number of ether oxygens (including phenoxy) is 2. The van der Waals surface area contributed by atoms with Crippen LogP contribution in [-0.4, -0.2) is 79.1 Å². The zero-order valence-electron chi connectivity index (χ0n) is 23.7. The molecule has 2 fully saturated rings. The van der Waals surface area contributed by atoms with Crippen molar-refractivity contribution in [3.63, 3.8) is 0 Å². The van der Waals surface area contributed by atoms with Gasteiger partial charge in [0.25, 0.3) is 0 Å². The normalized spacial score (nSPS) is 25.9. The third-order valence-electron chi connectivity index (χ3n) is 6.81. The number of hydrogen-bond donors (Lipinski definition) is 4. The van der Waals surface area contributed by atoms with Crippen molar-refractivity contribution in [1.82, 2.24) is 24.6 Å². The molecule has 43 heavy (non-hydrogen) atoms. The van der Waals surface area contributed by atoms with Gasteiger partial charge in [0.05, 0.1) is 19.0 Å². The molecule has 2 aromatic heterocycles. The fourth-order valence-corrected chi connectivity index (χ4v) is 6.31. The minimum absolute atomic E-state index is 0.0496. The SMILES string of the molecule is CC(C)OC(=O)[C@H](C)N[P@@](=O)(OC[C@H]1O[C@@H](n2cnc3c(NC4CC4)nc(N)nc32)[C@@](Cl)(CF)[C@@H]1O)Oc1ccccc1. The molecule has 1 saturated heterocycles. The number of nitrogen functional groups attached to an aromatic ring is 1. The molecule has 14 nitrogen and oxygen atoms in total. The van der Waals surface area contributed by atoms with Gasteiger partial charge in [-0.05, 0) is 45.7 Å². The summed E-state index contributed by atoms with van der Waals surface area (Å²) in [6.07, 6.45) is -1.37. The van der Waals surface area contributed by atoms with Crippen LogP contribution in [0.3, 0.4) is 0 Å². The molecule has 17 heteroatoms. The number of esters is 1. The van der Waals surface area contributed by atoms with Crippen molar-refractivity contribution in [1.29, 1.82) is 0 Å². The van der Waals surface area contributed by atoms with Gasteiger partial charge in [-0.15, -0.1) is 11.6 Å². The fourth-order valence-electron chi connectivity index (χ4n) is 4.51. The van der Waals surface area contributed by atoms with Gasteiger partial charge in [-0.25, -0.2) is 13.9 Å². The van der Waals surface area contributed by atoms with Crippen molar-refractivity contribution in [3.05, 3.63) is 36.7 Å². The van der Waals surface area contributed by atoms with Crippen LogP contribution in [0.4, 0.5) is 16.2 Å². The van der Waals surface area contributed by atoms with E-state index in [0.717, 1.165) is 12.8 Å². The van der Waals surface area contributed by atoms with Crippen LogP contribution < -0.4 is 20.7 Å². The van der Waals surface area contributed by atoms with Gasteiger partial charge < -0.3 is 30.2 Å². The fraction of sp³-hybridized carbons (Fsp3) is 0.538. The van der Waals surface area contributed by atoms with E-state index in [1.54, 1.807) is 44.2 Å². The molecule has 6 atom stereocenters. The van der Waals surface area contributed by atoms with Gasteiger partial charge in [0.1, 0.15) is 35.5 Å². The van der Waals surface area contributed by atoms with Crippen LogP contribution in [0.2, 0.25) is 0 Å². The van der Waals surface area contributed by atoms with E-state index < -0.39 is 62.5 Å². The molecule has 0 bridgehead atoms. The molecular formula is C26H34ClFN7O7P. The first-order valence-electron chi connectivity index (χ1n) is 13.7. The van der Waals surface area contributed by atoms with Gasteiger partial charge >= 0.3 is 13.7 Å². The molecule has 0 amide bonds. The second-order valence-corrected chi connectivity index (χ2v) is 13.1. The van der Waals surface area contributed by atoms with Gasteiger partial charge in [0.15, 0.2) is 23.2 Å². The number of carbonyl (C=O) groups excluding carboxylic acids is 1. The smallest absolute Gasteiger partial charge is 0.459 e. The van der Waals surface area contributed by atoms with Crippen LogP contribution in [0.1, 0.15) is 39.8 Å². The lowest BCUT2D eigenvalue weighted by Crippen LogP contribution is -2.44. The number of halogens is 2. The second-order valence-electron chi connectivity index (χ2n) is 10.7. The van der Waals surface area contributed by atoms with Crippen LogP contribution in [0.15, 0.2) is 36.7 Å². The lowest BCUT2D eigenvalue weighted by Gasteiger charge is -2.27. The Kier molecular flexibility index (Phi) is 9.12. The van der Waals surface area contributed by atoms with Crippen molar-refractivity contribution in [3.8, 4) is 5.75 Å².